The van der Waals surface area contributed by atoms with E-state index in [9.17, 15) is 4.79 Å². The molecule has 1 aliphatic carbocycles. The van der Waals surface area contributed by atoms with Crippen molar-refractivity contribution >= 4 is 45.9 Å². The molecule has 0 aliphatic heterocycles. The standard InChI is InChI=1S/C13H12IN3O2S/c14-9-3-1-2-4-10(9)15-11(18)7-20-13-17-16-12(19-13)8-5-6-8/h1-4,8H,5-7H2,(H,15,18). The Labute approximate surface area is 134 Å². The van der Waals surface area contributed by atoms with Gasteiger partial charge in [0.1, 0.15) is 0 Å². The molecule has 3 rings (SSSR count). The van der Waals surface area contributed by atoms with Gasteiger partial charge in [-0.3, -0.25) is 4.79 Å². The zero-order chi connectivity index (χ0) is 13.9. The van der Waals surface area contributed by atoms with E-state index in [1.807, 2.05) is 24.3 Å². The monoisotopic (exact) mass is 401 g/mol. The molecule has 1 fully saturated rings. The van der Waals surface area contributed by atoms with Gasteiger partial charge < -0.3 is 9.73 Å². The molecule has 0 saturated heterocycles. The van der Waals surface area contributed by atoms with Crippen molar-refractivity contribution in [1.82, 2.24) is 10.2 Å². The normalized spacial score (nSPS) is 14.2. The van der Waals surface area contributed by atoms with Crippen molar-refractivity contribution in [3.63, 3.8) is 0 Å². The zero-order valence-electron chi connectivity index (χ0n) is 10.5. The van der Waals surface area contributed by atoms with Gasteiger partial charge >= 0.3 is 0 Å². The van der Waals surface area contributed by atoms with Crippen LogP contribution >= 0.6 is 34.4 Å². The van der Waals surface area contributed by atoms with Gasteiger partial charge in [0.05, 0.1) is 11.4 Å². The summed E-state index contributed by atoms with van der Waals surface area (Å²) in [6.45, 7) is 0. The number of rotatable bonds is 5. The van der Waals surface area contributed by atoms with Gasteiger partial charge in [0.15, 0.2) is 0 Å². The maximum absolute atomic E-state index is 11.9. The third-order valence-electron chi connectivity index (χ3n) is 2.82. The summed E-state index contributed by atoms with van der Waals surface area (Å²) in [6.07, 6.45) is 2.25. The topological polar surface area (TPSA) is 68.0 Å². The quantitative estimate of drug-likeness (QED) is 0.615. The number of halogens is 1. The molecule has 104 valence electrons. The Bertz CT molecular complexity index is 628. The lowest BCUT2D eigenvalue weighted by atomic mass is 10.3. The van der Waals surface area contributed by atoms with Crippen molar-refractivity contribution in [2.75, 3.05) is 11.1 Å². The number of hydrogen-bond acceptors (Lipinski definition) is 5. The van der Waals surface area contributed by atoms with Crippen LogP contribution < -0.4 is 5.32 Å². The molecule has 1 amide bonds. The van der Waals surface area contributed by atoms with Gasteiger partial charge in [-0.25, -0.2) is 0 Å². The van der Waals surface area contributed by atoms with Crippen molar-refractivity contribution < 1.29 is 9.21 Å². The van der Waals surface area contributed by atoms with Gasteiger partial charge in [-0.05, 0) is 47.6 Å². The lowest BCUT2D eigenvalue weighted by Gasteiger charge is -2.05. The first-order valence-corrected chi connectivity index (χ1v) is 8.29. The van der Waals surface area contributed by atoms with Crippen molar-refractivity contribution in [3.05, 3.63) is 33.7 Å². The molecule has 7 heteroatoms. The molecule has 1 saturated carbocycles. The molecule has 0 spiro atoms. The molecule has 2 aromatic rings. The smallest absolute Gasteiger partial charge is 0.277 e. The third-order valence-corrected chi connectivity index (χ3v) is 4.58. The first-order valence-electron chi connectivity index (χ1n) is 6.23. The molecule has 0 unspecified atom stereocenters. The average molecular weight is 401 g/mol. The van der Waals surface area contributed by atoms with Crippen LogP contribution in [0.3, 0.4) is 0 Å². The summed E-state index contributed by atoms with van der Waals surface area (Å²) in [5.41, 5.74) is 0.822. The van der Waals surface area contributed by atoms with Crippen LogP contribution in [0.15, 0.2) is 33.9 Å². The SMILES string of the molecule is O=C(CSc1nnc(C2CC2)o1)Nc1ccccc1I. The molecule has 5 nitrogen and oxygen atoms in total. The molecular weight excluding hydrogens is 389 g/mol. The molecule has 0 atom stereocenters. The van der Waals surface area contributed by atoms with Gasteiger partial charge in [-0.1, -0.05) is 23.9 Å². The molecule has 0 radical (unpaired) electrons. The number of nitrogens with one attached hydrogen (secondary N) is 1. The predicted molar refractivity (Wildman–Crippen MR) is 84.8 cm³/mol. The second-order valence-electron chi connectivity index (χ2n) is 4.50. The number of benzene rings is 1. The molecule has 1 heterocycles. The van der Waals surface area contributed by atoms with Crippen molar-refractivity contribution in [2.45, 2.75) is 24.0 Å². The maximum Gasteiger partial charge on any atom is 0.277 e. The number of aromatic nitrogens is 2. The van der Waals surface area contributed by atoms with Crippen LogP contribution in [0, 0.1) is 3.57 Å². The molecule has 1 N–H and O–H groups in total. The Kier molecular flexibility index (Phi) is 4.25. The van der Waals surface area contributed by atoms with Gasteiger partial charge in [0.2, 0.25) is 11.8 Å². The molecular formula is C13H12IN3O2S. The Hall–Kier alpha value is -1.09. The summed E-state index contributed by atoms with van der Waals surface area (Å²) in [6, 6.07) is 7.65. The largest absolute Gasteiger partial charge is 0.416 e. The van der Waals surface area contributed by atoms with Gasteiger partial charge in [0.25, 0.3) is 5.22 Å². The maximum atomic E-state index is 11.9. The van der Waals surface area contributed by atoms with Crippen LogP contribution in [0.1, 0.15) is 24.7 Å². The summed E-state index contributed by atoms with van der Waals surface area (Å²) in [7, 11) is 0. The highest BCUT2D eigenvalue weighted by atomic mass is 127. The minimum Gasteiger partial charge on any atom is -0.416 e. The van der Waals surface area contributed by atoms with Crippen LogP contribution in [0.2, 0.25) is 0 Å². The van der Waals surface area contributed by atoms with Gasteiger partial charge in [-0.2, -0.15) is 0 Å². The number of amides is 1. The second-order valence-corrected chi connectivity index (χ2v) is 6.59. The zero-order valence-corrected chi connectivity index (χ0v) is 13.5. The van der Waals surface area contributed by atoms with Crippen LogP contribution in [0.4, 0.5) is 5.69 Å². The van der Waals surface area contributed by atoms with E-state index >= 15 is 0 Å². The van der Waals surface area contributed by atoms with E-state index in [4.69, 9.17) is 4.42 Å². The van der Waals surface area contributed by atoms with Crippen LogP contribution in [-0.2, 0) is 4.79 Å². The number of carbonyl (C=O) groups is 1. The first-order chi connectivity index (χ1) is 9.72. The number of thioether (sulfide) groups is 1. The van der Waals surface area contributed by atoms with Gasteiger partial charge in [0, 0.05) is 9.49 Å². The molecule has 20 heavy (non-hydrogen) atoms. The Balaban J connectivity index is 1.52. The molecule has 1 aromatic heterocycles. The third kappa shape index (κ3) is 3.51. The summed E-state index contributed by atoms with van der Waals surface area (Å²) in [5.74, 6) is 1.32. The summed E-state index contributed by atoms with van der Waals surface area (Å²) < 4.78 is 6.50. The number of anilines is 1. The van der Waals surface area contributed by atoms with E-state index in [1.165, 1.54) is 11.8 Å². The lowest BCUT2D eigenvalue weighted by Crippen LogP contribution is -2.14. The molecule has 1 aliphatic rings. The molecule has 0 bridgehead atoms. The first kappa shape index (κ1) is 13.9. The van der Waals surface area contributed by atoms with Crippen LogP contribution in [0.5, 0.6) is 0 Å². The van der Waals surface area contributed by atoms with E-state index in [-0.39, 0.29) is 11.7 Å². The Morgan fingerprint density at radius 2 is 2.20 bits per heavy atom. The molecule has 1 aromatic carbocycles. The number of para-hydroxylation sites is 1. The minimum atomic E-state index is -0.0784. The fourth-order valence-electron chi connectivity index (χ4n) is 1.65. The van der Waals surface area contributed by atoms with Crippen molar-refractivity contribution in [2.24, 2.45) is 0 Å². The summed E-state index contributed by atoms with van der Waals surface area (Å²) >= 11 is 3.45. The highest BCUT2D eigenvalue weighted by Crippen LogP contribution is 2.39. The fraction of sp³-hybridized carbons (Fsp3) is 0.308. The highest BCUT2D eigenvalue weighted by molar-refractivity contribution is 14.1. The van der Waals surface area contributed by atoms with Crippen molar-refractivity contribution in [1.29, 1.82) is 0 Å². The lowest BCUT2D eigenvalue weighted by molar-refractivity contribution is -0.113. The average Bonchev–Trinajstić information content (AvgIpc) is 3.18. The minimum absolute atomic E-state index is 0.0784. The number of carbonyl (C=O) groups excluding carboxylic acids is 1. The summed E-state index contributed by atoms with van der Waals surface area (Å²) in [4.78, 5) is 11.9. The predicted octanol–water partition coefficient (Wildman–Crippen LogP) is 3.28. The fourth-order valence-corrected chi connectivity index (χ4v) is 2.74. The number of hydrogen-bond donors (Lipinski definition) is 1. The van der Waals surface area contributed by atoms with Crippen molar-refractivity contribution in [3.8, 4) is 0 Å². The van der Waals surface area contributed by atoms with E-state index in [0.29, 0.717) is 17.0 Å². The van der Waals surface area contributed by atoms with Crippen LogP contribution in [-0.4, -0.2) is 21.9 Å². The second kappa shape index (κ2) is 6.13. The van der Waals surface area contributed by atoms with E-state index in [1.54, 1.807) is 0 Å². The van der Waals surface area contributed by atoms with E-state index in [2.05, 4.69) is 38.1 Å². The Morgan fingerprint density at radius 1 is 1.40 bits per heavy atom. The van der Waals surface area contributed by atoms with E-state index in [0.717, 1.165) is 22.1 Å². The number of nitrogens with zero attached hydrogens (tertiary/aromatic N) is 2. The van der Waals surface area contributed by atoms with E-state index < -0.39 is 0 Å². The summed E-state index contributed by atoms with van der Waals surface area (Å²) in [5, 5.41) is 11.3. The van der Waals surface area contributed by atoms with Crippen LogP contribution in [0.25, 0.3) is 0 Å². The van der Waals surface area contributed by atoms with Gasteiger partial charge in [-0.15, -0.1) is 10.2 Å². The Morgan fingerprint density at radius 3 is 2.95 bits per heavy atom. The highest BCUT2D eigenvalue weighted by Gasteiger charge is 2.29.